The topological polar surface area (TPSA) is 29.3 Å². The zero-order chi connectivity index (χ0) is 14.6. The molecule has 1 aromatic rings. The van der Waals surface area contributed by atoms with Gasteiger partial charge in [-0.25, -0.2) is 4.79 Å². The van der Waals surface area contributed by atoms with E-state index in [1.165, 1.54) is 5.56 Å². The van der Waals surface area contributed by atoms with Crippen LogP contribution in [0.5, 0.6) is 0 Å². The third-order valence-corrected chi connectivity index (χ3v) is 3.12. The Labute approximate surface area is 121 Å². The van der Waals surface area contributed by atoms with Crippen molar-refractivity contribution in [3.8, 4) is 0 Å². The van der Waals surface area contributed by atoms with Gasteiger partial charge >= 0.3 is 6.09 Å². The van der Waals surface area contributed by atoms with Crippen LogP contribution in [0.25, 0.3) is 6.08 Å². The van der Waals surface area contributed by atoms with Crippen molar-refractivity contribution in [1.29, 1.82) is 0 Å². The van der Waals surface area contributed by atoms with E-state index in [0.717, 1.165) is 19.4 Å². The first-order valence-electron chi connectivity index (χ1n) is 7.17. The molecule has 1 fully saturated rings. The molecule has 1 atom stereocenters. The van der Waals surface area contributed by atoms with Gasteiger partial charge in [0.15, 0.2) is 0 Å². The molecule has 1 aliphatic heterocycles. The Balaban J connectivity index is 1.67. The average molecular weight is 273 g/mol. The van der Waals surface area contributed by atoms with Gasteiger partial charge in [-0.15, -0.1) is 0 Å². The number of hydrogen-bond acceptors (Lipinski definition) is 2. The molecule has 1 aromatic carbocycles. The van der Waals surface area contributed by atoms with E-state index in [-0.39, 0.29) is 6.09 Å². The maximum atomic E-state index is 11.8. The van der Waals surface area contributed by atoms with Crippen LogP contribution in [0, 0.1) is 0 Å². The van der Waals surface area contributed by atoms with Gasteiger partial charge in [-0.1, -0.05) is 42.5 Å². The lowest BCUT2D eigenvalue weighted by atomic mass is 10.1. The largest absolute Gasteiger partial charge is 0.444 e. The van der Waals surface area contributed by atoms with E-state index in [9.17, 15) is 4.79 Å². The first kappa shape index (κ1) is 14.6. The van der Waals surface area contributed by atoms with Gasteiger partial charge in [0.1, 0.15) is 5.60 Å². The monoisotopic (exact) mass is 273 g/mol. The van der Waals surface area contributed by atoms with Crippen molar-refractivity contribution in [2.75, 3.05) is 6.54 Å². The van der Waals surface area contributed by atoms with Crippen LogP contribution in [0.2, 0.25) is 0 Å². The molecule has 0 bridgehead atoms. The minimum Gasteiger partial charge on any atom is -0.444 e. The number of carbonyl (C=O) groups is 1. The fourth-order valence-electron chi connectivity index (χ4n) is 2.04. The molecular formula is C17H23NO2. The Morgan fingerprint density at radius 1 is 1.35 bits per heavy atom. The normalized spacial score (nSPS) is 18.4. The third kappa shape index (κ3) is 4.72. The lowest BCUT2D eigenvalue weighted by Crippen LogP contribution is -2.27. The number of amides is 1. The average Bonchev–Trinajstić information content (AvgIpc) is 3.13. The van der Waals surface area contributed by atoms with Crippen LogP contribution in [0.1, 0.15) is 39.2 Å². The van der Waals surface area contributed by atoms with Gasteiger partial charge in [0, 0.05) is 6.54 Å². The Kier molecular flexibility index (Phi) is 4.48. The summed E-state index contributed by atoms with van der Waals surface area (Å²) in [6, 6.07) is 10.6. The zero-order valence-electron chi connectivity index (χ0n) is 12.5. The van der Waals surface area contributed by atoms with Crippen molar-refractivity contribution in [3.63, 3.8) is 0 Å². The number of benzene rings is 1. The molecule has 108 valence electrons. The van der Waals surface area contributed by atoms with Crippen molar-refractivity contribution in [2.45, 2.75) is 45.3 Å². The number of hydrogen-bond donors (Lipinski definition) is 0. The Morgan fingerprint density at radius 2 is 2.05 bits per heavy atom. The summed E-state index contributed by atoms with van der Waals surface area (Å²) >= 11 is 0. The summed E-state index contributed by atoms with van der Waals surface area (Å²) in [6.45, 7) is 6.51. The summed E-state index contributed by atoms with van der Waals surface area (Å²) in [4.78, 5) is 13.6. The molecule has 1 saturated heterocycles. The van der Waals surface area contributed by atoms with Crippen LogP contribution in [0.15, 0.2) is 36.4 Å². The summed E-state index contributed by atoms with van der Waals surface area (Å²) in [5.74, 6) is 0. The van der Waals surface area contributed by atoms with E-state index in [4.69, 9.17) is 4.74 Å². The van der Waals surface area contributed by atoms with Gasteiger partial charge in [0.05, 0.1) is 6.04 Å². The fraction of sp³-hybridized carbons (Fsp3) is 0.471. The smallest absolute Gasteiger partial charge is 0.410 e. The van der Waals surface area contributed by atoms with E-state index < -0.39 is 5.60 Å². The highest BCUT2D eigenvalue weighted by molar-refractivity contribution is 5.71. The molecule has 1 heterocycles. The molecule has 20 heavy (non-hydrogen) atoms. The summed E-state index contributed by atoms with van der Waals surface area (Å²) in [7, 11) is 0. The maximum Gasteiger partial charge on any atom is 0.410 e. The zero-order valence-corrected chi connectivity index (χ0v) is 12.5. The SMILES string of the molecule is CC(C)(C)OC(=O)N1CC1CC/C=C/c1ccccc1. The van der Waals surface area contributed by atoms with E-state index in [1.807, 2.05) is 39.0 Å². The predicted octanol–water partition coefficient (Wildman–Crippen LogP) is 4.10. The number of nitrogens with zero attached hydrogens (tertiary/aromatic N) is 1. The Bertz CT molecular complexity index is 474. The second kappa shape index (κ2) is 6.12. The second-order valence-corrected chi connectivity index (χ2v) is 6.18. The van der Waals surface area contributed by atoms with E-state index in [2.05, 4.69) is 24.3 Å². The maximum absolute atomic E-state index is 11.8. The molecule has 0 aromatic heterocycles. The van der Waals surface area contributed by atoms with Gasteiger partial charge < -0.3 is 9.64 Å². The Hall–Kier alpha value is -1.77. The molecule has 0 N–H and O–H groups in total. The van der Waals surface area contributed by atoms with Crippen molar-refractivity contribution in [1.82, 2.24) is 4.90 Å². The van der Waals surface area contributed by atoms with Crippen LogP contribution in [-0.4, -0.2) is 29.2 Å². The van der Waals surface area contributed by atoms with Gasteiger partial charge in [0.2, 0.25) is 0 Å². The van der Waals surface area contributed by atoms with Crippen molar-refractivity contribution in [2.24, 2.45) is 0 Å². The van der Waals surface area contributed by atoms with Crippen LogP contribution < -0.4 is 0 Å². The highest BCUT2D eigenvalue weighted by atomic mass is 16.6. The highest BCUT2D eigenvalue weighted by Crippen LogP contribution is 2.25. The molecule has 1 aliphatic rings. The first-order valence-corrected chi connectivity index (χ1v) is 7.17. The molecule has 1 amide bonds. The minimum atomic E-state index is -0.405. The quantitative estimate of drug-likeness (QED) is 0.773. The highest BCUT2D eigenvalue weighted by Gasteiger charge is 2.40. The molecular weight excluding hydrogens is 250 g/mol. The molecule has 1 unspecified atom stereocenters. The number of rotatable bonds is 4. The molecule has 0 radical (unpaired) electrons. The summed E-state index contributed by atoms with van der Waals surface area (Å²) < 4.78 is 5.34. The van der Waals surface area contributed by atoms with Gasteiger partial charge in [-0.2, -0.15) is 0 Å². The van der Waals surface area contributed by atoms with Crippen LogP contribution >= 0.6 is 0 Å². The van der Waals surface area contributed by atoms with Crippen molar-refractivity contribution in [3.05, 3.63) is 42.0 Å². The third-order valence-electron chi connectivity index (χ3n) is 3.12. The fourth-order valence-corrected chi connectivity index (χ4v) is 2.04. The number of carbonyl (C=O) groups excluding carboxylic acids is 1. The number of allylic oxidation sites excluding steroid dienone is 1. The lowest BCUT2D eigenvalue weighted by Gasteiger charge is -2.19. The van der Waals surface area contributed by atoms with Crippen molar-refractivity contribution < 1.29 is 9.53 Å². The van der Waals surface area contributed by atoms with E-state index >= 15 is 0 Å². The summed E-state index contributed by atoms with van der Waals surface area (Å²) in [5, 5.41) is 0. The number of ether oxygens (including phenoxy) is 1. The minimum absolute atomic E-state index is 0.186. The first-order chi connectivity index (χ1) is 9.46. The van der Waals surface area contributed by atoms with Gasteiger partial charge in [-0.3, -0.25) is 0 Å². The molecule has 3 nitrogen and oxygen atoms in total. The van der Waals surface area contributed by atoms with E-state index in [0.29, 0.717) is 6.04 Å². The molecule has 3 heteroatoms. The lowest BCUT2D eigenvalue weighted by molar-refractivity contribution is 0.0406. The molecule has 0 aliphatic carbocycles. The van der Waals surface area contributed by atoms with Crippen LogP contribution in [0.4, 0.5) is 4.79 Å². The molecule has 2 rings (SSSR count). The summed E-state index contributed by atoms with van der Waals surface area (Å²) in [5.41, 5.74) is 0.810. The Morgan fingerprint density at radius 3 is 2.70 bits per heavy atom. The second-order valence-electron chi connectivity index (χ2n) is 6.18. The molecule has 0 spiro atoms. The standard InChI is InChI=1S/C17H23NO2/c1-17(2,3)20-16(19)18-13-15(18)12-8-7-11-14-9-5-4-6-10-14/h4-7,9-11,15H,8,12-13H2,1-3H3/b11-7+. The predicted molar refractivity (Wildman–Crippen MR) is 81.4 cm³/mol. The van der Waals surface area contributed by atoms with Crippen LogP contribution in [0.3, 0.4) is 0 Å². The van der Waals surface area contributed by atoms with Crippen LogP contribution in [-0.2, 0) is 4.74 Å². The van der Waals surface area contributed by atoms with E-state index in [1.54, 1.807) is 4.90 Å². The molecule has 0 saturated carbocycles. The summed E-state index contributed by atoms with van der Waals surface area (Å²) in [6.07, 6.45) is 6.09. The van der Waals surface area contributed by atoms with Gasteiger partial charge in [0.25, 0.3) is 0 Å². The van der Waals surface area contributed by atoms with Crippen molar-refractivity contribution >= 4 is 12.2 Å². The van der Waals surface area contributed by atoms with Gasteiger partial charge in [-0.05, 0) is 39.2 Å².